The fraction of sp³-hybridized carbons (Fsp3) is 0.857. The van der Waals surface area contributed by atoms with Crippen LogP contribution in [0.25, 0.3) is 0 Å². The van der Waals surface area contributed by atoms with Crippen molar-refractivity contribution in [1.82, 2.24) is 14.7 Å². The van der Waals surface area contributed by atoms with Crippen LogP contribution in [0.4, 0.5) is 0 Å². The fourth-order valence-electron chi connectivity index (χ4n) is 2.14. The van der Waals surface area contributed by atoms with E-state index in [4.69, 9.17) is 33.4 Å². The fourth-order valence-corrected chi connectivity index (χ4v) is 3.84. The van der Waals surface area contributed by atoms with E-state index in [0.29, 0.717) is 0 Å². The number of nitrogens with two attached hydrogens (primary N) is 3. The molecule has 0 heterocycles. The summed E-state index contributed by atoms with van der Waals surface area (Å²) < 4.78 is 0. The molecule has 0 unspecified atom stereocenters. The smallest absolute Gasteiger partial charge is 0.151 e. The lowest BCUT2D eigenvalue weighted by atomic mass is 10.3. The summed E-state index contributed by atoms with van der Waals surface area (Å²) in [5.74, 6) is 2.93. The number of unbranched alkanes of at least 4 members (excludes halogenated alkanes) is 3. The Labute approximate surface area is 216 Å². The van der Waals surface area contributed by atoms with E-state index in [1.165, 1.54) is 54.5 Å². The standard InChI is InChI=1S/3C7H17N3S/c3*1-10(2)5-3-4-6-11-7(8)9/h3*3-6H2,1-2H3,(H3,8,9). The lowest BCUT2D eigenvalue weighted by Crippen LogP contribution is -2.13. The minimum Gasteiger partial charge on any atom is -0.379 e. The minimum atomic E-state index is 0.231. The van der Waals surface area contributed by atoms with Crippen molar-refractivity contribution in [2.45, 2.75) is 38.5 Å². The van der Waals surface area contributed by atoms with Gasteiger partial charge in [-0.15, -0.1) is 0 Å². The highest BCUT2D eigenvalue weighted by atomic mass is 32.2. The van der Waals surface area contributed by atoms with Gasteiger partial charge in [0.25, 0.3) is 0 Å². The molecule has 12 heteroatoms. The summed E-state index contributed by atoms with van der Waals surface area (Å²) in [5.41, 5.74) is 15.5. The van der Waals surface area contributed by atoms with E-state index in [1.54, 1.807) is 0 Å². The van der Waals surface area contributed by atoms with Gasteiger partial charge in [0.05, 0.1) is 0 Å². The minimum absolute atomic E-state index is 0.231. The summed E-state index contributed by atoms with van der Waals surface area (Å²) in [6.07, 6.45) is 6.99. The topological polar surface area (TPSA) is 159 Å². The molecule has 0 saturated heterocycles. The van der Waals surface area contributed by atoms with Crippen molar-refractivity contribution >= 4 is 50.8 Å². The average molecular weight is 526 g/mol. The third-order valence-electron chi connectivity index (χ3n) is 3.77. The molecule has 0 aromatic carbocycles. The molecule has 0 saturated carbocycles. The zero-order chi connectivity index (χ0) is 26.1. The van der Waals surface area contributed by atoms with Gasteiger partial charge in [-0.2, -0.15) is 0 Å². The first-order chi connectivity index (χ1) is 15.4. The monoisotopic (exact) mass is 525 g/mol. The highest BCUT2D eigenvalue weighted by Crippen LogP contribution is 2.04. The molecule has 0 aliphatic heterocycles. The second-order valence-electron chi connectivity index (χ2n) is 8.17. The van der Waals surface area contributed by atoms with Crippen LogP contribution in [0.1, 0.15) is 38.5 Å². The molecule has 9 nitrogen and oxygen atoms in total. The van der Waals surface area contributed by atoms with Crippen LogP contribution in [0.5, 0.6) is 0 Å². The van der Waals surface area contributed by atoms with Gasteiger partial charge in [-0.1, -0.05) is 35.3 Å². The number of amidine groups is 3. The van der Waals surface area contributed by atoms with Crippen LogP contribution < -0.4 is 17.2 Å². The Balaban J connectivity index is -0.000000409. The molecule has 0 spiro atoms. The Bertz CT molecular complexity index is 409. The zero-order valence-electron chi connectivity index (χ0n) is 21.8. The van der Waals surface area contributed by atoms with Crippen LogP contribution in [0.15, 0.2) is 0 Å². The molecule has 0 bridgehead atoms. The number of thioether (sulfide) groups is 3. The molecule has 33 heavy (non-hydrogen) atoms. The highest BCUT2D eigenvalue weighted by Gasteiger charge is 1.94. The number of hydrogen-bond donors (Lipinski definition) is 6. The lowest BCUT2D eigenvalue weighted by molar-refractivity contribution is 0.399. The summed E-state index contributed by atoms with van der Waals surface area (Å²) >= 11 is 4.28. The van der Waals surface area contributed by atoms with E-state index in [9.17, 15) is 0 Å². The van der Waals surface area contributed by atoms with Crippen molar-refractivity contribution in [3.8, 4) is 0 Å². The Hall–Kier alpha value is -0.660. The summed E-state index contributed by atoms with van der Waals surface area (Å²) in [4.78, 5) is 6.50. The van der Waals surface area contributed by atoms with Crippen LogP contribution in [-0.4, -0.2) is 109 Å². The van der Waals surface area contributed by atoms with Gasteiger partial charge < -0.3 is 31.9 Å². The maximum atomic E-state index is 6.94. The van der Waals surface area contributed by atoms with E-state index in [1.807, 2.05) is 0 Å². The van der Waals surface area contributed by atoms with Gasteiger partial charge in [-0.3, -0.25) is 16.2 Å². The second kappa shape index (κ2) is 27.6. The van der Waals surface area contributed by atoms with E-state index in [0.717, 1.165) is 56.2 Å². The number of nitrogens with one attached hydrogen (secondary N) is 3. The van der Waals surface area contributed by atoms with Crippen molar-refractivity contribution < 1.29 is 0 Å². The highest BCUT2D eigenvalue weighted by molar-refractivity contribution is 8.14. The molecule has 0 aromatic heterocycles. The van der Waals surface area contributed by atoms with Crippen molar-refractivity contribution in [1.29, 1.82) is 16.2 Å². The average Bonchev–Trinajstić information content (AvgIpc) is 2.67. The molecular formula is C21H51N9S3. The maximum Gasteiger partial charge on any atom is 0.151 e. The van der Waals surface area contributed by atoms with Crippen LogP contribution >= 0.6 is 35.3 Å². The molecule has 9 N–H and O–H groups in total. The number of hydrogen-bond acceptors (Lipinski definition) is 9. The molecule has 0 amide bonds. The maximum absolute atomic E-state index is 6.94. The molecule has 0 atom stereocenters. The van der Waals surface area contributed by atoms with Gasteiger partial charge in [-0.25, -0.2) is 0 Å². The van der Waals surface area contributed by atoms with Crippen molar-refractivity contribution in [3.05, 3.63) is 0 Å². The largest absolute Gasteiger partial charge is 0.379 e. The predicted molar refractivity (Wildman–Crippen MR) is 156 cm³/mol. The van der Waals surface area contributed by atoms with E-state index in [2.05, 4.69) is 57.0 Å². The summed E-state index contributed by atoms with van der Waals surface area (Å²) in [6.45, 7) is 3.37. The first kappa shape index (κ1) is 36.9. The lowest BCUT2D eigenvalue weighted by Gasteiger charge is -2.07. The van der Waals surface area contributed by atoms with Crippen molar-refractivity contribution in [3.63, 3.8) is 0 Å². The molecule has 0 aliphatic rings. The summed E-state index contributed by atoms with van der Waals surface area (Å²) in [5, 5.41) is 21.5. The van der Waals surface area contributed by atoms with E-state index >= 15 is 0 Å². The molecule has 0 fully saturated rings. The third kappa shape index (κ3) is 49.5. The van der Waals surface area contributed by atoms with Gasteiger partial charge in [-0.05, 0) is 100 Å². The normalized spacial score (nSPS) is 10.5. The van der Waals surface area contributed by atoms with E-state index < -0.39 is 0 Å². The molecule has 0 rings (SSSR count). The Morgan fingerprint density at radius 2 is 0.697 bits per heavy atom. The number of nitrogens with zero attached hydrogens (tertiary/aromatic N) is 3. The Morgan fingerprint density at radius 1 is 0.485 bits per heavy atom. The molecular weight excluding hydrogens is 474 g/mol. The number of rotatable bonds is 15. The van der Waals surface area contributed by atoms with Crippen LogP contribution in [0.2, 0.25) is 0 Å². The summed E-state index contributed by atoms with van der Waals surface area (Å²) in [7, 11) is 12.4. The van der Waals surface area contributed by atoms with Crippen molar-refractivity contribution in [2.75, 3.05) is 79.2 Å². The van der Waals surface area contributed by atoms with Crippen LogP contribution in [0.3, 0.4) is 0 Å². The molecule has 0 aliphatic carbocycles. The second-order valence-corrected chi connectivity index (χ2v) is 11.6. The first-order valence-corrected chi connectivity index (χ1v) is 14.2. The van der Waals surface area contributed by atoms with E-state index in [-0.39, 0.29) is 15.5 Å². The SMILES string of the molecule is CN(C)CCCCSC(=N)N.CN(C)CCCCSC(=N)N.CN(C)CCCCSC(=N)N. The first-order valence-electron chi connectivity index (χ1n) is 11.2. The van der Waals surface area contributed by atoms with Crippen molar-refractivity contribution in [2.24, 2.45) is 17.2 Å². The Kier molecular flexibility index (Phi) is 30.8. The van der Waals surface area contributed by atoms with Gasteiger partial charge in [0.1, 0.15) is 0 Å². The summed E-state index contributed by atoms with van der Waals surface area (Å²) in [6, 6.07) is 0. The van der Waals surface area contributed by atoms with Gasteiger partial charge in [0.2, 0.25) is 0 Å². The molecule has 198 valence electrons. The molecule has 0 aromatic rings. The van der Waals surface area contributed by atoms with Crippen LogP contribution in [-0.2, 0) is 0 Å². The third-order valence-corrected chi connectivity index (χ3v) is 6.18. The van der Waals surface area contributed by atoms with Gasteiger partial charge in [0.15, 0.2) is 15.5 Å². The zero-order valence-corrected chi connectivity index (χ0v) is 24.2. The molecule has 0 radical (unpaired) electrons. The quantitative estimate of drug-likeness (QED) is 0.107. The predicted octanol–water partition coefficient (Wildman–Crippen LogP) is 2.86. The van der Waals surface area contributed by atoms with Gasteiger partial charge >= 0.3 is 0 Å². The Morgan fingerprint density at radius 3 is 0.848 bits per heavy atom. The van der Waals surface area contributed by atoms with Gasteiger partial charge in [0, 0.05) is 17.3 Å². The van der Waals surface area contributed by atoms with Crippen LogP contribution in [0, 0.1) is 16.2 Å².